The van der Waals surface area contributed by atoms with Gasteiger partial charge < -0.3 is 10.1 Å². The highest BCUT2D eigenvalue weighted by Gasteiger charge is 2.11. The summed E-state index contributed by atoms with van der Waals surface area (Å²) in [5.74, 6) is 0.489. The van der Waals surface area contributed by atoms with Gasteiger partial charge >= 0.3 is 0 Å². The van der Waals surface area contributed by atoms with E-state index in [0.29, 0.717) is 10.8 Å². The number of carbonyl (C=O) groups excluding carboxylic acids is 1. The number of hydrogen-bond donors (Lipinski definition) is 1. The summed E-state index contributed by atoms with van der Waals surface area (Å²) in [5.41, 5.74) is 1.06. The molecule has 0 bridgehead atoms. The molecule has 3 aromatic carbocycles. The molecule has 0 unspecified atom stereocenters. The van der Waals surface area contributed by atoms with Crippen molar-refractivity contribution in [3.05, 3.63) is 77.3 Å². The molecular formula is C20H18ClNO2. The highest BCUT2D eigenvalue weighted by molar-refractivity contribution is 6.35. The topological polar surface area (TPSA) is 38.3 Å². The van der Waals surface area contributed by atoms with E-state index in [4.69, 9.17) is 16.3 Å². The molecule has 1 atom stereocenters. The van der Waals surface area contributed by atoms with Crippen LogP contribution in [-0.2, 0) is 4.79 Å². The van der Waals surface area contributed by atoms with Gasteiger partial charge in [-0.2, -0.15) is 0 Å². The quantitative estimate of drug-likeness (QED) is 0.728. The number of benzene rings is 3. The minimum atomic E-state index is -0.162. The van der Waals surface area contributed by atoms with Crippen molar-refractivity contribution in [3.8, 4) is 5.75 Å². The monoisotopic (exact) mass is 339 g/mol. The number of nitrogens with one attached hydrogen (secondary N) is 1. The Balaban J connectivity index is 1.66. The smallest absolute Gasteiger partial charge is 0.258 e. The Morgan fingerprint density at radius 3 is 2.42 bits per heavy atom. The average molecular weight is 340 g/mol. The predicted octanol–water partition coefficient (Wildman–Crippen LogP) is 4.75. The first-order chi connectivity index (χ1) is 11.6. The van der Waals surface area contributed by atoms with Crippen molar-refractivity contribution in [2.45, 2.75) is 13.0 Å². The fraction of sp³-hybridized carbons (Fsp3) is 0.150. The van der Waals surface area contributed by atoms with E-state index in [-0.39, 0.29) is 18.6 Å². The molecule has 0 saturated heterocycles. The molecule has 1 amide bonds. The van der Waals surface area contributed by atoms with Gasteiger partial charge in [0.2, 0.25) is 0 Å². The number of amides is 1. The number of hydrogen-bond acceptors (Lipinski definition) is 2. The molecular weight excluding hydrogens is 322 g/mol. The summed E-state index contributed by atoms with van der Waals surface area (Å²) in [5, 5.41) is 5.41. The summed E-state index contributed by atoms with van der Waals surface area (Å²) in [6.07, 6.45) is 0. The van der Waals surface area contributed by atoms with Gasteiger partial charge in [0.05, 0.1) is 6.04 Å². The van der Waals surface area contributed by atoms with Crippen molar-refractivity contribution in [2.24, 2.45) is 0 Å². The Kier molecular flexibility index (Phi) is 5.02. The summed E-state index contributed by atoms with van der Waals surface area (Å²) in [7, 11) is 0. The summed E-state index contributed by atoms with van der Waals surface area (Å²) < 4.78 is 5.70. The maximum Gasteiger partial charge on any atom is 0.258 e. The molecule has 0 aromatic heterocycles. The third-order valence-electron chi connectivity index (χ3n) is 3.87. The molecule has 0 spiro atoms. The molecule has 0 fully saturated rings. The summed E-state index contributed by atoms with van der Waals surface area (Å²) >= 11 is 6.19. The Bertz CT molecular complexity index is 849. The molecule has 0 radical (unpaired) electrons. The van der Waals surface area contributed by atoms with E-state index in [0.717, 1.165) is 16.3 Å². The van der Waals surface area contributed by atoms with Crippen LogP contribution in [0.4, 0.5) is 0 Å². The van der Waals surface area contributed by atoms with Gasteiger partial charge in [-0.1, -0.05) is 66.2 Å². The Hall–Kier alpha value is -2.52. The summed E-state index contributed by atoms with van der Waals surface area (Å²) in [6, 6.07) is 21.0. The van der Waals surface area contributed by atoms with Crippen LogP contribution in [-0.4, -0.2) is 12.5 Å². The van der Waals surface area contributed by atoms with Gasteiger partial charge in [-0.05, 0) is 24.6 Å². The molecule has 24 heavy (non-hydrogen) atoms. The molecule has 1 N–H and O–H groups in total. The van der Waals surface area contributed by atoms with Gasteiger partial charge in [-0.25, -0.2) is 0 Å². The fourth-order valence-corrected chi connectivity index (χ4v) is 2.84. The molecule has 122 valence electrons. The van der Waals surface area contributed by atoms with E-state index in [9.17, 15) is 4.79 Å². The maximum atomic E-state index is 12.1. The van der Waals surface area contributed by atoms with Crippen molar-refractivity contribution in [1.82, 2.24) is 5.32 Å². The lowest BCUT2D eigenvalue weighted by atomic mass is 10.1. The number of fused-ring (bicyclic) bond motifs is 1. The lowest BCUT2D eigenvalue weighted by molar-refractivity contribution is -0.123. The summed E-state index contributed by atoms with van der Waals surface area (Å²) in [6.45, 7) is 1.91. The highest BCUT2D eigenvalue weighted by atomic mass is 35.5. The van der Waals surface area contributed by atoms with Gasteiger partial charge in [-0.15, -0.1) is 0 Å². The molecule has 3 aromatic rings. The van der Waals surface area contributed by atoms with Crippen LogP contribution < -0.4 is 10.1 Å². The van der Waals surface area contributed by atoms with Crippen molar-refractivity contribution >= 4 is 28.3 Å². The Labute approximate surface area is 146 Å². The van der Waals surface area contributed by atoms with E-state index >= 15 is 0 Å². The zero-order valence-corrected chi connectivity index (χ0v) is 14.1. The average Bonchev–Trinajstić information content (AvgIpc) is 2.62. The first-order valence-electron chi connectivity index (χ1n) is 7.79. The van der Waals surface area contributed by atoms with Crippen LogP contribution in [0, 0.1) is 0 Å². The zero-order valence-electron chi connectivity index (χ0n) is 13.3. The fourth-order valence-electron chi connectivity index (χ4n) is 2.61. The maximum absolute atomic E-state index is 12.1. The number of rotatable bonds is 5. The number of halogens is 1. The molecule has 0 heterocycles. The van der Waals surface area contributed by atoms with E-state index < -0.39 is 0 Å². The SMILES string of the molecule is C[C@H](NC(=O)COc1ccc(Cl)c2ccccc12)c1ccccc1. The molecule has 3 nitrogen and oxygen atoms in total. The molecule has 0 aliphatic rings. The Morgan fingerprint density at radius 1 is 1.00 bits per heavy atom. The second kappa shape index (κ2) is 7.37. The minimum Gasteiger partial charge on any atom is -0.483 e. The first-order valence-corrected chi connectivity index (χ1v) is 8.17. The molecule has 0 aliphatic carbocycles. The number of ether oxygens (including phenoxy) is 1. The van der Waals surface area contributed by atoms with E-state index in [1.807, 2.05) is 61.5 Å². The standard InChI is InChI=1S/C20H18ClNO2/c1-14(15-7-3-2-4-8-15)22-20(23)13-24-19-12-11-18(21)16-9-5-6-10-17(16)19/h2-12,14H,13H2,1H3,(H,22,23)/t14-/m0/s1. The van der Waals surface area contributed by atoms with Crippen LogP contribution in [0.25, 0.3) is 10.8 Å². The molecule has 4 heteroatoms. The van der Waals surface area contributed by atoms with Gasteiger partial charge in [0, 0.05) is 15.8 Å². The van der Waals surface area contributed by atoms with Crippen LogP contribution in [0.5, 0.6) is 5.75 Å². The van der Waals surface area contributed by atoms with Gasteiger partial charge in [0.1, 0.15) is 5.75 Å². The van der Waals surface area contributed by atoms with Crippen molar-refractivity contribution in [3.63, 3.8) is 0 Å². The van der Waals surface area contributed by atoms with Crippen LogP contribution in [0.15, 0.2) is 66.7 Å². The van der Waals surface area contributed by atoms with Crippen molar-refractivity contribution < 1.29 is 9.53 Å². The normalized spacial score (nSPS) is 11.9. The molecule has 0 aliphatic heterocycles. The molecule has 0 saturated carbocycles. The minimum absolute atomic E-state index is 0.0389. The largest absolute Gasteiger partial charge is 0.483 e. The lowest BCUT2D eigenvalue weighted by Gasteiger charge is -2.15. The second-order valence-electron chi connectivity index (χ2n) is 5.58. The van der Waals surface area contributed by atoms with Crippen molar-refractivity contribution in [2.75, 3.05) is 6.61 Å². The van der Waals surface area contributed by atoms with Crippen LogP contribution in [0.2, 0.25) is 5.02 Å². The van der Waals surface area contributed by atoms with Crippen molar-refractivity contribution in [1.29, 1.82) is 0 Å². The van der Waals surface area contributed by atoms with Crippen LogP contribution in [0.1, 0.15) is 18.5 Å². The predicted molar refractivity (Wildman–Crippen MR) is 97.5 cm³/mol. The highest BCUT2D eigenvalue weighted by Crippen LogP contribution is 2.31. The van der Waals surface area contributed by atoms with Crippen LogP contribution in [0.3, 0.4) is 0 Å². The van der Waals surface area contributed by atoms with E-state index in [2.05, 4.69) is 5.32 Å². The Morgan fingerprint density at radius 2 is 1.67 bits per heavy atom. The summed E-state index contributed by atoms with van der Waals surface area (Å²) in [4.78, 5) is 12.1. The van der Waals surface area contributed by atoms with E-state index in [1.54, 1.807) is 12.1 Å². The second-order valence-corrected chi connectivity index (χ2v) is 5.99. The zero-order chi connectivity index (χ0) is 16.9. The third-order valence-corrected chi connectivity index (χ3v) is 4.20. The third kappa shape index (κ3) is 3.69. The molecule has 3 rings (SSSR count). The lowest BCUT2D eigenvalue weighted by Crippen LogP contribution is -2.31. The van der Waals surface area contributed by atoms with E-state index in [1.165, 1.54) is 0 Å². The number of carbonyl (C=O) groups is 1. The van der Waals surface area contributed by atoms with Crippen LogP contribution >= 0.6 is 11.6 Å². The van der Waals surface area contributed by atoms with Gasteiger partial charge in [0.15, 0.2) is 6.61 Å². The van der Waals surface area contributed by atoms with Gasteiger partial charge in [-0.3, -0.25) is 4.79 Å². The van der Waals surface area contributed by atoms with Gasteiger partial charge in [0.25, 0.3) is 5.91 Å². The first kappa shape index (κ1) is 16.3.